The molecule has 1 amide bonds. The van der Waals surface area contributed by atoms with E-state index in [0.717, 1.165) is 49.6 Å². The monoisotopic (exact) mass is 539 g/mol. The first-order chi connectivity index (χ1) is 17.3. The van der Waals surface area contributed by atoms with Crippen LogP contribution in [0.5, 0.6) is 0 Å². The number of rotatable bonds is 10. The number of benzene rings is 2. The number of carbonyl (C=O) groups excluding carboxylic acids is 1. The average molecular weight is 540 g/mol. The summed E-state index contributed by atoms with van der Waals surface area (Å²) in [5.74, 6) is 0.227. The molecule has 0 saturated heterocycles. The molecule has 0 fully saturated rings. The van der Waals surface area contributed by atoms with Gasteiger partial charge >= 0.3 is 6.18 Å². The number of amides is 1. The van der Waals surface area contributed by atoms with Crippen LogP contribution in [0, 0.1) is 5.92 Å². The van der Waals surface area contributed by atoms with Gasteiger partial charge in [0.1, 0.15) is 0 Å². The molecule has 3 atom stereocenters. The van der Waals surface area contributed by atoms with Gasteiger partial charge in [0.25, 0.3) is 0 Å². The number of aryl methyl sites for hydroxylation is 1. The summed E-state index contributed by atoms with van der Waals surface area (Å²) in [6.07, 6.45) is -2.16. The van der Waals surface area contributed by atoms with Crippen LogP contribution in [0.3, 0.4) is 0 Å². The third kappa shape index (κ3) is 8.02. The SMILES string of the molecule is CC(C)CN[C@@H](C)c1ccc2c(c1)CCCC2NC(=O)C[C@H](C)NS(=O)(=O)c1cccc(C(F)(F)F)c1. The molecule has 3 N–H and O–H groups in total. The lowest BCUT2D eigenvalue weighted by atomic mass is 9.85. The third-order valence-electron chi connectivity index (χ3n) is 6.47. The summed E-state index contributed by atoms with van der Waals surface area (Å²) in [6, 6.07) is 9.10. The van der Waals surface area contributed by atoms with Gasteiger partial charge in [0.2, 0.25) is 15.9 Å². The summed E-state index contributed by atoms with van der Waals surface area (Å²) in [4.78, 5) is 12.3. The Morgan fingerprint density at radius 2 is 1.81 bits per heavy atom. The van der Waals surface area contributed by atoms with Crippen molar-refractivity contribution in [3.8, 4) is 0 Å². The van der Waals surface area contributed by atoms with Crippen molar-refractivity contribution in [3.05, 3.63) is 64.7 Å². The number of alkyl halides is 3. The van der Waals surface area contributed by atoms with E-state index >= 15 is 0 Å². The van der Waals surface area contributed by atoms with Crippen molar-refractivity contribution >= 4 is 15.9 Å². The molecule has 0 heterocycles. The molecule has 0 aliphatic heterocycles. The number of carbonyl (C=O) groups is 1. The van der Waals surface area contributed by atoms with Crippen LogP contribution in [-0.4, -0.2) is 26.9 Å². The largest absolute Gasteiger partial charge is 0.416 e. The molecule has 10 heteroatoms. The Bertz CT molecular complexity index is 1200. The van der Waals surface area contributed by atoms with E-state index in [2.05, 4.69) is 54.3 Å². The first-order valence-electron chi connectivity index (χ1n) is 12.6. The van der Waals surface area contributed by atoms with Gasteiger partial charge in [0.05, 0.1) is 16.5 Å². The molecule has 1 unspecified atom stereocenters. The van der Waals surface area contributed by atoms with Gasteiger partial charge in [-0.05, 0) is 80.5 Å². The van der Waals surface area contributed by atoms with E-state index in [1.165, 1.54) is 18.1 Å². The van der Waals surface area contributed by atoms with Crippen LogP contribution in [-0.2, 0) is 27.4 Å². The normalized spacial score (nSPS) is 17.8. The van der Waals surface area contributed by atoms with Gasteiger partial charge in [0.15, 0.2) is 0 Å². The highest BCUT2D eigenvalue weighted by Gasteiger charge is 2.32. The fraction of sp³-hybridized carbons (Fsp3) is 0.519. The summed E-state index contributed by atoms with van der Waals surface area (Å²) >= 11 is 0. The Morgan fingerprint density at radius 3 is 2.49 bits per heavy atom. The Kier molecular flexibility index (Phi) is 9.42. The first kappa shape index (κ1) is 29.1. The van der Waals surface area contributed by atoms with E-state index in [0.29, 0.717) is 12.0 Å². The van der Waals surface area contributed by atoms with Crippen molar-refractivity contribution in [1.82, 2.24) is 15.4 Å². The summed E-state index contributed by atoms with van der Waals surface area (Å²) in [5.41, 5.74) is 2.41. The van der Waals surface area contributed by atoms with Crippen LogP contribution >= 0.6 is 0 Å². The Labute approximate surface area is 217 Å². The molecule has 1 aliphatic carbocycles. The molecular weight excluding hydrogens is 503 g/mol. The van der Waals surface area contributed by atoms with Gasteiger partial charge in [0, 0.05) is 18.5 Å². The molecule has 0 radical (unpaired) electrons. The first-order valence-corrected chi connectivity index (χ1v) is 14.1. The number of halogens is 3. The zero-order chi connectivity index (χ0) is 27.4. The topological polar surface area (TPSA) is 87.3 Å². The van der Waals surface area contributed by atoms with E-state index in [9.17, 15) is 26.4 Å². The molecule has 2 aromatic carbocycles. The maximum absolute atomic E-state index is 13.0. The van der Waals surface area contributed by atoms with Crippen LogP contribution in [0.15, 0.2) is 47.4 Å². The van der Waals surface area contributed by atoms with Crippen molar-refractivity contribution in [3.63, 3.8) is 0 Å². The predicted molar refractivity (Wildman–Crippen MR) is 137 cm³/mol. The number of nitrogens with one attached hydrogen (secondary N) is 3. The van der Waals surface area contributed by atoms with Crippen LogP contribution in [0.2, 0.25) is 0 Å². The molecular formula is C27H36F3N3O3S. The van der Waals surface area contributed by atoms with Gasteiger partial charge in [-0.15, -0.1) is 0 Å². The zero-order valence-corrected chi connectivity index (χ0v) is 22.5. The lowest BCUT2D eigenvalue weighted by molar-refractivity contribution is -0.137. The fourth-order valence-corrected chi connectivity index (χ4v) is 5.82. The van der Waals surface area contributed by atoms with E-state index in [4.69, 9.17) is 0 Å². The van der Waals surface area contributed by atoms with Crippen LogP contribution in [0.4, 0.5) is 13.2 Å². The average Bonchev–Trinajstić information content (AvgIpc) is 2.81. The summed E-state index contributed by atoms with van der Waals surface area (Å²) in [6.45, 7) is 8.89. The molecule has 0 saturated carbocycles. The molecule has 6 nitrogen and oxygen atoms in total. The molecule has 37 heavy (non-hydrogen) atoms. The minimum absolute atomic E-state index is 0.141. The minimum Gasteiger partial charge on any atom is -0.349 e. The molecule has 0 aromatic heterocycles. The molecule has 0 bridgehead atoms. The third-order valence-corrected chi connectivity index (χ3v) is 8.06. The molecule has 0 spiro atoms. The second kappa shape index (κ2) is 12.0. The summed E-state index contributed by atoms with van der Waals surface area (Å²) in [5, 5.41) is 6.54. The molecule has 2 aromatic rings. The van der Waals surface area contributed by atoms with Crippen molar-refractivity contribution in [2.24, 2.45) is 5.92 Å². The molecule has 1 aliphatic rings. The number of hydrogen-bond acceptors (Lipinski definition) is 4. The quantitative estimate of drug-likeness (QED) is 0.384. The van der Waals surface area contributed by atoms with E-state index < -0.39 is 32.7 Å². The van der Waals surface area contributed by atoms with Gasteiger partial charge in [-0.2, -0.15) is 13.2 Å². The Hall–Kier alpha value is -2.43. The highest BCUT2D eigenvalue weighted by molar-refractivity contribution is 7.89. The lowest BCUT2D eigenvalue weighted by Crippen LogP contribution is -2.39. The van der Waals surface area contributed by atoms with Gasteiger partial charge < -0.3 is 10.6 Å². The number of sulfonamides is 1. The van der Waals surface area contributed by atoms with Gasteiger partial charge in [-0.1, -0.05) is 38.1 Å². The molecule has 3 rings (SSSR count). The predicted octanol–water partition coefficient (Wildman–Crippen LogP) is 5.26. The van der Waals surface area contributed by atoms with Crippen LogP contribution in [0.1, 0.15) is 81.3 Å². The van der Waals surface area contributed by atoms with E-state index in [-0.39, 0.29) is 24.4 Å². The molecule has 204 valence electrons. The second-order valence-corrected chi connectivity index (χ2v) is 12.0. The fourth-order valence-electron chi connectivity index (χ4n) is 4.53. The Morgan fingerprint density at radius 1 is 1.08 bits per heavy atom. The van der Waals surface area contributed by atoms with Gasteiger partial charge in [-0.25, -0.2) is 13.1 Å². The van der Waals surface area contributed by atoms with E-state index in [1.807, 2.05) is 0 Å². The number of hydrogen-bond donors (Lipinski definition) is 3. The smallest absolute Gasteiger partial charge is 0.349 e. The highest BCUT2D eigenvalue weighted by atomic mass is 32.2. The Balaban J connectivity index is 1.62. The maximum Gasteiger partial charge on any atom is 0.416 e. The van der Waals surface area contributed by atoms with Crippen molar-refractivity contribution in [2.45, 2.75) is 82.6 Å². The number of fused-ring (bicyclic) bond motifs is 1. The van der Waals surface area contributed by atoms with Crippen LogP contribution in [0.25, 0.3) is 0 Å². The van der Waals surface area contributed by atoms with Crippen molar-refractivity contribution in [1.29, 1.82) is 0 Å². The van der Waals surface area contributed by atoms with Crippen molar-refractivity contribution < 1.29 is 26.4 Å². The van der Waals surface area contributed by atoms with Crippen molar-refractivity contribution in [2.75, 3.05) is 6.54 Å². The highest BCUT2D eigenvalue weighted by Crippen LogP contribution is 2.32. The second-order valence-electron chi connectivity index (χ2n) is 10.2. The summed E-state index contributed by atoms with van der Waals surface area (Å²) in [7, 11) is -4.23. The lowest BCUT2D eigenvalue weighted by Gasteiger charge is -2.28. The maximum atomic E-state index is 13.0. The van der Waals surface area contributed by atoms with Gasteiger partial charge in [-0.3, -0.25) is 4.79 Å². The minimum atomic E-state index is -4.66. The van der Waals surface area contributed by atoms with E-state index in [1.54, 1.807) is 0 Å². The zero-order valence-electron chi connectivity index (χ0n) is 21.7. The summed E-state index contributed by atoms with van der Waals surface area (Å²) < 4.78 is 66.5. The van der Waals surface area contributed by atoms with Crippen LogP contribution < -0.4 is 15.4 Å². The standard InChI is InChI=1S/C27H36F3N3O3S/c1-17(2)16-31-19(4)20-11-12-24-21(14-20)7-5-10-25(24)32-26(34)13-18(3)33-37(35,36)23-9-6-8-22(15-23)27(28,29)30/h6,8-9,11-12,14-15,17-19,25,31,33H,5,7,10,13,16H2,1-4H3,(H,32,34)/t18-,19-,25?/m0/s1.